The SMILES string of the molecule is Cc1cccc(OCC(N)c2cc(C)ccc2C)c1. The maximum atomic E-state index is 6.23. The van der Waals surface area contributed by atoms with Crippen LogP contribution < -0.4 is 10.5 Å². The maximum Gasteiger partial charge on any atom is 0.119 e. The van der Waals surface area contributed by atoms with Crippen LogP contribution in [0.5, 0.6) is 5.75 Å². The summed E-state index contributed by atoms with van der Waals surface area (Å²) in [4.78, 5) is 0. The van der Waals surface area contributed by atoms with E-state index in [-0.39, 0.29) is 6.04 Å². The summed E-state index contributed by atoms with van der Waals surface area (Å²) >= 11 is 0. The molecule has 0 aliphatic carbocycles. The van der Waals surface area contributed by atoms with Gasteiger partial charge in [0.15, 0.2) is 0 Å². The molecule has 0 fully saturated rings. The summed E-state index contributed by atoms with van der Waals surface area (Å²) in [6.45, 7) is 6.71. The topological polar surface area (TPSA) is 35.2 Å². The maximum absolute atomic E-state index is 6.23. The molecule has 0 amide bonds. The molecule has 0 aliphatic rings. The molecule has 0 spiro atoms. The zero-order valence-electron chi connectivity index (χ0n) is 11.8. The van der Waals surface area contributed by atoms with Gasteiger partial charge in [-0.05, 0) is 49.6 Å². The van der Waals surface area contributed by atoms with Gasteiger partial charge in [-0.15, -0.1) is 0 Å². The lowest BCUT2D eigenvalue weighted by Crippen LogP contribution is -2.20. The van der Waals surface area contributed by atoms with Crippen LogP contribution in [0, 0.1) is 20.8 Å². The van der Waals surface area contributed by atoms with Gasteiger partial charge >= 0.3 is 0 Å². The van der Waals surface area contributed by atoms with Gasteiger partial charge in [0.25, 0.3) is 0 Å². The molecule has 2 nitrogen and oxygen atoms in total. The van der Waals surface area contributed by atoms with Gasteiger partial charge in [0.1, 0.15) is 12.4 Å². The summed E-state index contributed by atoms with van der Waals surface area (Å²) < 4.78 is 5.77. The number of nitrogens with two attached hydrogens (primary N) is 1. The smallest absolute Gasteiger partial charge is 0.119 e. The lowest BCUT2D eigenvalue weighted by atomic mass is 10.00. The van der Waals surface area contributed by atoms with Crippen molar-refractivity contribution >= 4 is 0 Å². The van der Waals surface area contributed by atoms with E-state index < -0.39 is 0 Å². The van der Waals surface area contributed by atoms with Crippen LogP contribution in [0.3, 0.4) is 0 Å². The summed E-state index contributed by atoms with van der Waals surface area (Å²) in [6, 6.07) is 14.3. The third kappa shape index (κ3) is 3.58. The van der Waals surface area contributed by atoms with Crippen LogP contribution in [0.4, 0.5) is 0 Å². The fourth-order valence-electron chi connectivity index (χ4n) is 2.14. The molecule has 0 aliphatic heterocycles. The van der Waals surface area contributed by atoms with Gasteiger partial charge < -0.3 is 10.5 Å². The highest BCUT2D eigenvalue weighted by atomic mass is 16.5. The molecular formula is C17H21NO. The van der Waals surface area contributed by atoms with E-state index in [1.54, 1.807) is 0 Å². The van der Waals surface area contributed by atoms with Crippen LogP contribution >= 0.6 is 0 Å². The van der Waals surface area contributed by atoms with Gasteiger partial charge in [-0.25, -0.2) is 0 Å². The van der Waals surface area contributed by atoms with E-state index in [0.717, 1.165) is 11.3 Å². The van der Waals surface area contributed by atoms with Crippen molar-refractivity contribution in [2.24, 2.45) is 5.73 Å². The molecule has 0 radical (unpaired) electrons. The minimum absolute atomic E-state index is 0.0968. The van der Waals surface area contributed by atoms with Crippen molar-refractivity contribution < 1.29 is 4.74 Å². The normalized spacial score (nSPS) is 12.2. The predicted molar refractivity (Wildman–Crippen MR) is 79.5 cm³/mol. The summed E-state index contributed by atoms with van der Waals surface area (Å²) in [5.41, 5.74) is 11.0. The van der Waals surface area contributed by atoms with Crippen LogP contribution in [0.2, 0.25) is 0 Å². The van der Waals surface area contributed by atoms with Crippen molar-refractivity contribution in [3.63, 3.8) is 0 Å². The van der Waals surface area contributed by atoms with Crippen molar-refractivity contribution in [3.05, 3.63) is 64.7 Å². The van der Waals surface area contributed by atoms with Gasteiger partial charge in [0.05, 0.1) is 6.04 Å². The average Bonchev–Trinajstić information content (AvgIpc) is 2.39. The standard InChI is InChI=1S/C17H21NO/c1-12-5-4-6-15(9-12)19-11-17(18)16-10-13(2)7-8-14(16)3/h4-10,17H,11,18H2,1-3H3. The Morgan fingerprint density at radius 3 is 2.47 bits per heavy atom. The molecule has 0 saturated carbocycles. The number of hydrogen-bond acceptors (Lipinski definition) is 2. The lowest BCUT2D eigenvalue weighted by molar-refractivity contribution is 0.290. The number of benzene rings is 2. The van der Waals surface area contributed by atoms with Crippen molar-refractivity contribution in [3.8, 4) is 5.75 Å². The Morgan fingerprint density at radius 2 is 1.74 bits per heavy atom. The third-order valence-corrected chi connectivity index (χ3v) is 3.25. The molecule has 0 heterocycles. The van der Waals surface area contributed by atoms with Crippen LogP contribution in [0.25, 0.3) is 0 Å². The number of ether oxygens (including phenoxy) is 1. The van der Waals surface area contributed by atoms with E-state index in [9.17, 15) is 0 Å². The molecule has 2 aromatic rings. The second kappa shape index (κ2) is 5.89. The van der Waals surface area contributed by atoms with Crippen LogP contribution in [-0.4, -0.2) is 6.61 Å². The minimum Gasteiger partial charge on any atom is -0.492 e. The summed E-state index contributed by atoms with van der Waals surface area (Å²) in [6.07, 6.45) is 0. The van der Waals surface area contributed by atoms with E-state index in [1.165, 1.54) is 16.7 Å². The highest BCUT2D eigenvalue weighted by Gasteiger charge is 2.10. The van der Waals surface area contributed by atoms with Crippen LogP contribution in [0.15, 0.2) is 42.5 Å². The number of rotatable bonds is 4. The molecule has 1 unspecified atom stereocenters. The quantitative estimate of drug-likeness (QED) is 0.904. The Hall–Kier alpha value is -1.80. The van der Waals surface area contributed by atoms with Crippen LogP contribution in [-0.2, 0) is 0 Å². The van der Waals surface area contributed by atoms with Gasteiger partial charge in [-0.3, -0.25) is 0 Å². The van der Waals surface area contributed by atoms with Gasteiger partial charge in [-0.2, -0.15) is 0 Å². The molecular weight excluding hydrogens is 234 g/mol. The first kappa shape index (κ1) is 13.6. The van der Waals surface area contributed by atoms with Crippen molar-refractivity contribution in [2.45, 2.75) is 26.8 Å². The van der Waals surface area contributed by atoms with E-state index >= 15 is 0 Å². The Labute approximate surface area is 115 Å². The zero-order chi connectivity index (χ0) is 13.8. The third-order valence-electron chi connectivity index (χ3n) is 3.25. The van der Waals surface area contributed by atoms with E-state index in [2.05, 4.69) is 45.0 Å². The molecule has 0 bridgehead atoms. The average molecular weight is 255 g/mol. The largest absolute Gasteiger partial charge is 0.492 e. The zero-order valence-corrected chi connectivity index (χ0v) is 11.8. The highest BCUT2D eigenvalue weighted by Crippen LogP contribution is 2.19. The van der Waals surface area contributed by atoms with Crippen molar-refractivity contribution in [2.75, 3.05) is 6.61 Å². The molecule has 2 rings (SSSR count). The molecule has 1 atom stereocenters. The molecule has 2 N–H and O–H groups in total. The molecule has 0 aromatic heterocycles. The Balaban J connectivity index is 2.05. The fourth-order valence-corrected chi connectivity index (χ4v) is 2.14. The van der Waals surface area contributed by atoms with Gasteiger partial charge in [0.2, 0.25) is 0 Å². The second-order valence-electron chi connectivity index (χ2n) is 5.09. The van der Waals surface area contributed by atoms with E-state index in [4.69, 9.17) is 10.5 Å². The first-order valence-electron chi connectivity index (χ1n) is 6.58. The molecule has 2 heteroatoms. The van der Waals surface area contributed by atoms with E-state index in [1.807, 2.05) is 18.2 Å². The first-order valence-corrected chi connectivity index (χ1v) is 6.58. The summed E-state index contributed by atoms with van der Waals surface area (Å²) in [5.74, 6) is 0.876. The monoisotopic (exact) mass is 255 g/mol. The van der Waals surface area contributed by atoms with Gasteiger partial charge in [-0.1, -0.05) is 35.9 Å². The fraction of sp³-hybridized carbons (Fsp3) is 0.294. The number of hydrogen-bond donors (Lipinski definition) is 1. The summed E-state index contributed by atoms with van der Waals surface area (Å²) in [7, 11) is 0. The predicted octanol–water partition coefficient (Wildman–Crippen LogP) is 3.69. The van der Waals surface area contributed by atoms with Crippen molar-refractivity contribution in [1.82, 2.24) is 0 Å². The lowest BCUT2D eigenvalue weighted by Gasteiger charge is -2.16. The van der Waals surface area contributed by atoms with E-state index in [0.29, 0.717) is 6.61 Å². The molecule has 100 valence electrons. The molecule has 19 heavy (non-hydrogen) atoms. The first-order chi connectivity index (χ1) is 9.06. The Morgan fingerprint density at radius 1 is 1.00 bits per heavy atom. The number of aryl methyl sites for hydroxylation is 3. The summed E-state index contributed by atoms with van der Waals surface area (Å²) in [5, 5.41) is 0. The second-order valence-corrected chi connectivity index (χ2v) is 5.09. The minimum atomic E-state index is -0.0968. The molecule has 2 aromatic carbocycles. The Bertz CT molecular complexity index is 563. The molecule has 0 saturated heterocycles. The van der Waals surface area contributed by atoms with Crippen LogP contribution in [0.1, 0.15) is 28.3 Å². The highest BCUT2D eigenvalue weighted by molar-refractivity contribution is 5.33. The van der Waals surface area contributed by atoms with Gasteiger partial charge in [0, 0.05) is 0 Å². The Kier molecular flexibility index (Phi) is 4.23. The van der Waals surface area contributed by atoms with Crippen molar-refractivity contribution in [1.29, 1.82) is 0 Å².